The first-order chi connectivity index (χ1) is 13.9. The summed E-state index contributed by atoms with van der Waals surface area (Å²) in [6.07, 6.45) is -1.96. The number of fused-ring (bicyclic) bond motifs is 1. The van der Waals surface area contributed by atoms with Crippen LogP contribution < -0.4 is 10.6 Å². The summed E-state index contributed by atoms with van der Waals surface area (Å²) in [5, 5.41) is 13.6. The van der Waals surface area contributed by atoms with Crippen LogP contribution in [0, 0.1) is 0 Å². The SMILES string of the molecule is CCC(C)(CO)Nc1ncc(C(F)(F)F)c(-c2c[nH]c3c(P(C)(C)=O)cccc23)n1. The van der Waals surface area contributed by atoms with Gasteiger partial charge in [0.05, 0.1) is 23.4 Å². The minimum absolute atomic E-state index is 0.0152. The van der Waals surface area contributed by atoms with Gasteiger partial charge in [-0.2, -0.15) is 13.2 Å². The average molecular weight is 440 g/mol. The zero-order chi connectivity index (χ0) is 22.3. The summed E-state index contributed by atoms with van der Waals surface area (Å²) in [4.78, 5) is 11.0. The van der Waals surface area contributed by atoms with E-state index in [1.165, 1.54) is 6.20 Å². The van der Waals surface area contributed by atoms with E-state index in [4.69, 9.17) is 0 Å². The number of alkyl halides is 3. The molecular formula is C20H24F3N4O2P. The molecule has 3 rings (SSSR count). The number of hydrogen-bond donors (Lipinski definition) is 3. The Morgan fingerprint density at radius 1 is 1.27 bits per heavy atom. The van der Waals surface area contributed by atoms with Gasteiger partial charge in [-0.25, -0.2) is 9.97 Å². The van der Waals surface area contributed by atoms with E-state index in [2.05, 4.69) is 20.3 Å². The Labute approximate surface area is 172 Å². The van der Waals surface area contributed by atoms with Crippen LogP contribution in [-0.4, -0.2) is 45.5 Å². The smallest absolute Gasteiger partial charge is 0.394 e. The molecule has 0 radical (unpaired) electrons. The minimum Gasteiger partial charge on any atom is -0.394 e. The van der Waals surface area contributed by atoms with Crippen molar-refractivity contribution in [3.05, 3.63) is 36.2 Å². The van der Waals surface area contributed by atoms with Gasteiger partial charge in [0.2, 0.25) is 5.95 Å². The number of benzene rings is 1. The first kappa shape index (κ1) is 22.3. The molecule has 0 saturated carbocycles. The number of aliphatic hydroxyl groups excluding tert-OH is 1. The van der Waals surface area contributed by atoms with E-state index in [1.807, 2.05) is 6.92 Å². The van der Waals surface area contributed by atoms with Crippen LogP contribution in [0.25, 0.3) is 22.2 Å². The van der Waals surface area contributed by atoms with E-state index in [0.29, 0.717) is 22.6 Å². The fourth-order valence-corrected chi connectivity index (χ4v) is 4.32. The Hall–Kier alpha value is -2.38. The first-order valence-electron chi connectivity index (χ1n) is 9.39. The number of hydrogen-bond acceptors (Lipinski definition) is 5. The number of halogens is 3. The lowest BCUT2D eigenvalue weighted by molar-refractivity contribution is -0.137. The van der Waals surface area contributed by atoms with Gasteiger partial charge in [0.1, 0.15) is 12.7 Å². The second-order valence-corrected chi connectivity index (χ2v) is 11.1. The predicted molar refractivity (Wildman–Crippen MR) is 113 cm³/mol. The first-order valence-corrected chi connectivity index (χ1v) is 12.0. The number of nitrogens with zero attached hydrogens (tertiary/aromatic N) is 2. The number of nitrogens with one attached hydrogen (secondary N) is 2. The standard InChI is InChI=1S/C20H24F3N4O2P/c1-5-19(2,11-28)27-18-25-10-14(20(21,22)23)16(26-18)13-9-24-17-12(13)7-6-8-15(17)30(3,4)29/h6-10,24,28H,5,11H2,1-4H3,(H,25,26,27). The summed E-state index contributed by atoms with van der Waals surface area (Å²) >= 11 is 0. The van der Waals surface area contributed by atoms with Crippen molar-refractivity contribution in [3.8, 4) is 11.3 Å². The molecule has 0 bridgehead atoms. The fourth-order valence-electron chi connectivity index (χ4n) is 3.15. The third-order valence-corrected chi connectivity index (χ3v) is 6.70. The highest BCUT2D eigenvalue weighted by atomic mass is 31.2. The number of H-pyrrole nitrogens is 1. The lowest BCUT2D eigenvalue weighted by Crippen LogP contribution is -2.38. The van der Waals surface area contributed by atoms with E-state index in [0.717, 1.165) is 6.20 Å². The van der Waals surface area contributed by atoms with Crippen molar-refractivity contribution in [2.45, 2.75) is 32.0 Å². The average Bonchev–Trinajstić information content (AvgIpc) is 3.10. The molecule has 6 nitrogen and oxygen atoms in total. The molecule has 0 aliphatic carbocycles. The summed E-state index contributed by atoms with van der Waals surface area (Å²) in [6.45, 7) is 6.55. The zero-order valence-electron chi connectivity index (χ0n) is 17.1. The van der Waals surface area contributed by atoms with Gasteiger partial charge in [-0.1, -0.05) is 19.1 Å². The van der Waals surface area contributed by atoms with Crippen LogP contribution in [0.15, 0.2) is 30.6 Å². The van der Waals surface area contributed by atoms with Crippen molar-refractivity contribution in [3.63, 3.8) is 0 Å². The van der Waals surface area contributed by atoms with Crippen LogP contribution in [0.1, 0.15) is 25.8 Å². The van der Waals surface area contributed by atoms with Crippen molar-refractivity contribution in [2.75, 3.05) is 25.3 Å². The Morgan fingerprint density at radius 2 is 1.97 bits per heavy atom. The molecule has 0 saturated heterocycles. The fraction of sp³-hybridized carbons (Fsp3) is 0.400. The van der Waals surface area contributed by atoms with Crippen LogP contribution in [0.5, 0.6) is 0 Å². The van der Waals surface area contributed by atoms with Gasteiger partial charge in [-0.05, 0) is 32.7 Å². The lowest BCUT2D eigenvalue weighted by atomic mass is 10.0. The molecule has 10 heteroatoms. The molecule has 2 aromatic heterocycles. The molecule has 2 heterocycles. The van der Waals surface area contributed by atoms with Gasteiger partial charge < -0.3 is 20.0 Å². The summed E-state index contributed by atoms with van der Waals surface area (Å²) in [5.74, 6) is -0.0152. The quantitative estimate of drug-likeness (QED) is 0.492. The third-order valence-electron chi connectivity index (χ3n) is 5.17. The van der Waals surface area contributed by atoms with Crippen LogP contribution in [-0.2, 0) is 10.7 Å². The Kier molecular flexibility index (Phi) is 5.73. The summed E-state index contributed by atoms with van der Waals surface area (Å²) < 4.78 is 53.8. The second-order valence-electron chi connectivity index (χ2n) is 7.90. The maximum Gasteiger partial charge on any atom is 0.419 e. The molecule has 30 heavy (non-hydrogen) atoms. The van der Waals surface area contributed by atoms with E-state index in [1.54, 1.807) is 38.5 Å². The molecule has 162 valence electrons. The highest BCUT2D eigenvalue weighted by Crippen LogP contribution is 2.41. The normalized spacial score (nSPS) is 14.7. The van der Waals surface area contributed by atoms with E-state index >= 15 is 0 Å². The van der Waals surface area contributed by atoms with Gasteiger partial charge in [0, 0.05) is 28.6 Å². The van der Waals surface area contributed by atoms with Crippen molar-refractivity contribution in [1.82, 2.24) is 15.0 Å². The summed E-state index contributed by atoms with van der Waals surface area (Å²) in [5.41, 5.74) is -1.28. The predicted octanol–water partition coefficient (Wildman–Crippen LogP) is 4.46. The number of aliphatic hydroxyl groups is 1. The lowest BCUT2D eigenvalue weighted by Gasteiger charge is -2.27. The van der Waals surface area contributed by atoms with Gasteiger partial charge in [-0.15, -0.1) is 0 Å². The molecule has 0 fully saturated rings. The molecule has 0 spiro atoms. The molecule has 1 aromatic carbocycles. The van der Waals surface area contributed by atoms with E-state index in [9.17, 15) is 22.8 Å². The molecule has 0 amide bonds. The summed E-state index contributed by atoms with van der Waals surface area (Å²) in [6, 6.07) is 5.04. The van der Waals surface area contributed by atoms with E-state index < -0.39 is 24.4 Å². The molecule has 3 N–H and O–H groups in total. The van der Waals surface area contributed by atoms with Gasteiger partial charge in [-0.3, -0.25) is 0 Å². The van der Waals surface area contributed by atoms with Crippen LogP contribution in [0.4, 0.5) is 19.1 Å². The van der Waals surface area contributed by atoms with Crippen molar-refractivity contribution >= 4 is 29.3 Å². The van der Waals surface area contributed by atoms with Crippen LogP contribution in [0.2, 0.25) is 0 Å². The molecule has 1 unspecified atom stereocenters. The Morgan fingerprint density at radius 3 is 2.53 bits per heavy atom. The van der Waals surface area contributed by atoms with Crippen molar-refractivity contribution < 1.29 is 22.8 Å². The summed E-state index contributed by atoms with van der Waals surface area (Å²) in [7, 11) is -2.66. The molecule has 0 aliphatic rings. The molecule has 1 atom stereocenters. The molecule has 0 aliphatic heterocycles. The maximum atomic E-state index is 13.7. The zero-order valence-corrected chi connectivity index (χ0v) is 18.0. The van der Waals surface area contributed by atoms with Gasteiger partial charge in [0.15, 0.2) is 0 Å². The maximum absolute atomic E-state index is 13.7. The number of rotatable bonds is 6. The van der Waals surface area contributed by atoms with Crippen LogP contribution in [0.3, 0.4) is 0 Å². The Bertz CT molecular complexity index is 1120. The van der Waals surface area contributed by atoms with E-state index in [-0.39, 0.29) is 23.8 Å². The number of para-hydroxylation sites is 1. The second kappa shape index (κ2) is 7.71. The highest BCUT2D eigenvalue weighted by molar-refractivity contribution is 7.70. The monoisotopic (exact) mass is 440 g/mol. The minimum atomic E-state index is -4.66. The Balaban J connectivity index is 2.24. The number of aromatic nitrogens is 3. The molecule has 3 aromatic rings. The van der Waals surface area contributed by atoms with Gasteiger partial charge >= 0.3 is 6.18 Å². The number of aromatic amines is 1. The third kappa shape index (κ3) is 4.23. The van der Waals surface area contributed by atoms with Gasteiger partial charge in [0.25, 0.3) is 0 Å². The number of anilines is 1. The largest absolute Gasteiger partial charge is 0.419 e. The molecular weight excluding hydrogens is 416 g/mol. The van der Waals surface area contributed by atoms with Crippen molar-refractivity contribution in [1.29, 1.82) is 0 Å². The van der Waals surface area contributed by atoms with Crippen molar-refractivity contribution in [2.24, 2.45) is 0 Å². The van der Waals surface area contributed by atoms with Crippen LogP contribution >= 0.6 is 7.14 Å². The topological polar surface area (TPSA) is 90.9 Å². The highest BCUT2D eigenvalue weighted by Gasteiger charge is 2.36.